The molecular weight excluding hydrogens is 280 g/mol. The van der Waals surface area contributed by atoms with Crippen LogP contribution in [0, 0.1) is 5.92 Å². The van der Waals surface area contributed by atoms with Gasteiger partial charge in [0.15, 0.2) is 0 Å². The van der Waals surface area contributed by atoms with Gasteiger partial charge < -0.3 is 4.74 Å². The van der Waals surface area contributed by atoms with Crippen LogP contribution < -0.4 is 4.74 Å². The van der Waals surface area contributed by atoms with Crippen LogP contribution in [-0.2, 0) is 6.42 Å². The highest BCUT2D eigenvalue weighted by atomic mass is 79.9. The third-order valence-corrected chi connectivity index (χ3v) is 2.72. The Balaban J connectivity index is 2.69. The number of ether oxygens (including phenoxy) is 1. The third-order valence-electron chi connectivity index (χ3n) is 2.32. The van der Waals surface area contributed by atoms with Crippen molar-refractivity contribution in [3.63, 3.8) is 0 Å². The fourth-order valence-corrected chi connectivity index (χ4v) is 2.16. The molecule has 0 N–H and O–H groups in total. The average molecular weight is 301 g/mol. The largest absolute Gasteiger partial charge is 0.475 e. The Kier molecular flexibility index (Phi) is 5.89. The normalized spacial score (nSPS) is 12.8. The number of aryl methyl sites for hydroxylation is 1. The third kappa shape index (κ3) is 5.48. The van der Waals surface area contributed by atoms with Crippen molar-refractivity contribution in [3.8, 4) is 5.88 Å². The van der Waals surface area contributed by atoms with Gasteiger partial charge in [-0.1, -0.05) is 20.8 Å². The van der Waals surface area contributed by atoms with Gasteiger partial charge in [0.2, 0.25) is 5.88 Å². The van der Waals surface area contributed by atoms with Crippen LogP contribution >= 0.6 is 15.9 Å². The zero-order valence-electron chi connectivity index (χ0n) is 11.0. The molecule has 1 rings (SSSR count). The Morgan fingerprint density at radius 3 is 2.59 bits per heavy atom. The highest BCUT2D eigenvalue weighted by molar-refractivity contribution is 9.10. The van der Waals surface area contributed by atoms with Crippen LogP contribution in [0.1, 0.15) is 46.4 Å². The quantitative estimate of drug-likeness (QED) is 0.745. The van der Waals surface area contributed by atoms with Crippen LogP contribution in [0.3, 0.4) is 0 Å². The number of aromatic nitrogens is 2. The maximum Gasteiger partial charge on any atom is 0.217 e. The Morgan fingerprint density at radius 1 is 1.29 bits per heavy atom. The molecule has 0 amide bonds. The van der Waals surface area contributed by atoms with Gasteiger partial charge in [-0.15, -0.1) is 0 Å². The average Bonchev–Trinajstić information content (AvgIpc) is 2.14. The summed E-state index contributed by atoms with van der Waals surface area (Å²) in [6.45, 7) is 8.58. The Morgan fingerprint density at radius 2 is 2.00 bits per heavy atom. The molecule has 96 valence electrons. The second-order valence-electron chi connectivity index (χ2n) is 4.75. The van der Waals surface area contributed by atoms with E-state index in [2.05, 4.69) is 53.6 Å². The SMILES string of the molecule is CCCc1nc(Br)cc(OC(C)CC(C)C)n1. The fraction of sp³-hybridized carbons (Fsp3) is 0.692. The molecule has 1 heterocycles. The lowest BCUT2D eigenvalue weighted by Crippen LogP contribution is -2.15. The van der Waals surface area contributed by atoms with Crippen molar-refractivity contribution < 1.29 is 4.74 Å². The summed E-state index contributed by atoms with van der Waals surface area (Å²) in [5.74, 6) is 2.14. The highest BCUT2D eigenvalue weighted by Gasteiger charge is 2.09. The summed E-state index contributed by atoms with van der Waals surface area (Å²) in [6, 6.07) is 1.83. The molecule has 0 aliphatic carbocycles. The van der Waals surface area contributed by atoms with Gasteiger partial charge in [-0.3, -0.25) is 0 Å². The molecule has 17 heavy (non-hydrogen) atoms. The topological polar surface area (TPSA) is 35.0 Å². The number of hydrogen-bond acceptors (Lipinski definition) is 3. The first-order valence-corrected chi connectivity index (χ1v) is 7.00. The highest BCUT2D eigenvalue weighted by Crippen LogP contribution is 2.18. The Bertz CT molecular complexity index is 355. The second kappa shape index (κ2) is 6.94. The minimum atomic E-state index is 0.186. The van der Waals surface area contributed by atoms with E-state index in [1.54, 1.807) is 0 Å². The standard InChI is InChI=1S/C13H21BrN2O/c1-5-6-12-15-11(14)8-13(16-12)17-10(4)7-9(2)3/h8-10H,5-7H2,1-4H3. The molecule has 3 nitrogen and oxygen atoms in total. The van der Waals surface area contributed by atoms with E-state index in [9.17, 15) is 0 Å². The van der Waals surface area contributed by atoms with E-state index >= 15 is 0 Å². The Labute approximate surface area is 112 Å². The maximum atomic E-state index is 5.81. The zero-order chi connectivity index (χ0) is 12.8. The summed E-state index contributed by atoms with van der Waals surface area (Å²) in [5, 5.41) is 0. The summed E-state index contributed by atoms with van der Waals surface area (Å²) < 4.78 is 6.61. The van der Waals surface area contributed by atoms with Gasteiger partial charge in [-0.2, -0.15) is 4.98 Å². The van der Waals surface area contributed by atoms with Gasteiger partial charge >= 0.3 is 0 Å². The summed E-state index contributed by atoms with van der Waals surface area (Å²) in [6.07, 6.45) is 3.14. The monoisotopic (exact) mass is 300 g/mol. The number of halogens is 1. The predicted molar refractivity (Wildman–Crippen MR) is 73.3 cm³/mol. The minimum absolute atomic E-state index is 0.186. The molecule has 0 saturated carbocycles. The van der Waals surface area contributed by atoms with Crippen molar-refractivity contribution in [2.75, 3.05) is 0 Å². The van der Waals surface area contributed by atoms with Crippen LogP contribution in [0.25, 0.3) is 0 Å². The molecular formula is C13H21BrN2O. The number of nitrogens with zero attached hydrogens (tertiary/aromatic N) is 2. The molecule has 1 aromatic heterocycles. The first-order valence-electron chi connectivity index (χ1n) is 6.21. The summed E-state index contributed by atoms with van der Waals surface area (Å²) in [5.41, 5.74) is 0. The zero-order valence-corrected chi connectivity index (χ0v) is 12.6. The van der Waals surface area contributed by atoms with Gasteiger partial charge in [-0.25, -0.2) is 4.98 Å². The summed E-state index contributed by atoms with van der Waals surface area (Å²) >= 11 is 3.39. The number of hydrogen-bond donors (Lipinski definition) is 0. The smallest absolute Gasteiger partial charge is 0.217 e. The molecule has 4 heteroatoms. The minimum Gasteiger partial charge on any atom is -0.475 e. The van der Waals surface area contributed by atoms with E-state index < -0.39 is 0 Å². The Hall–Kier alpha value is -0.640. The van der Waals surface area contributed by atoms with Crippen molar-refractivity contribution in [1.82, 2.24) is 9.97 Å². The molecule has 1 atom stereocenters. The van der Waals surface area contributed by atoms with Gasteiger partial charge in [0.25, 0.3) is 0 Å². The van der Waals surface area contributed by atoms with Crippen LogP contribution in [-0.4, -0.2) is 16.1 Å². The molecule has 0 spiro atoms. The van der Waals surface area contributed by atoms with Crippen LogP contribution in [0.5, 0.6) is 5.88 Å². The molecule has 0 saturated heterocycles. The van der Waals surface area contributed by atoms with E-state index in [0.717, 1.165) is 29.7 Å². The predicted octanol–water partition coefficient (Wildman–Crippen LogP) is 4.01. The van der Waals surface area contributed by atoms with Crippen LogP contribution in [0.2, 0.25) is 0 Å². The second-order valence-corrected chi connectivity index (χ2v) is 5.57. The molecule has 0 aliphatic rings. The molecule has 1 aromatic rings. The lowest BCUT2D eigenvalue weighted by Gasteiger charge is -2.16. The molecule has 0 fully saturated rings. The first-order chi connectivity index (χ1) is 8.01. The summed E-state index contributed by atoms with van der Waals surface area (Å²) in [4.78, 5) is 8.72. The van der Waals surface area contributed by atoms with E-state index in [0.29, 0.717) is 11.8 Å². The van der Waals surface area contributed by atoms with Crippen molar-refractivity contribution in [3.05, 3.63) is 16.5 Å². The lowest BCUT2D eigenvalue weighted by atomic mass is 10.1. The molecule has 0 radical (unpaired) electrons. The molecule has 0 bridgehead atoms. The van der Waals surface area contributed by atoms with E-state index in [-0.39, 0.29) is 6.10 Å². The summed E-state index contributed by atoms with van der Waals surface area (Å²) in [7, 11) is 0. The van der Waals surface area contributed by atoms with Crippen molar-refractivity contribution in [1.29, 1.82) is 0 Å². The van der Waals surface area contributed by atoms with Gasteiger partial charge in [0.05, 0.1) is 6.10 Å². The van der Waals surface area contributed by atoms with Crippen molar-refractivity contribution in [2.45, 2.75) is 53.1 Å². The van der Waals surface area contributed by atoms with E-state index in [1.807, 2.05) is 6.07 Å². The van der Waals surface area contributed by atoms with Crippen LogP contribution in [0.15, 0.2) is 10.7 Å². The van der Waals surface area contributed by atoms with Crippen molar-refractivity contribution in [2.24, 2.45) is 5.92 Å². The van der Waals surface area contributed by atoms with Gasteiger partial charge in [0.1, 0.15) is 10.4 Å². The molecule has 0 aliphatic heterocycles. The van der Waals surface area contributed by atoms with E-state index in [4.69, 9.17) is 4.74 Å². The van der Waals surface area contributed by atoms with Crippen LogP contribution in [0.4, 0.5) is 0 Å². The van der Waals surface area contributed by atoms with E-state index in [1.165, 1.54) is 0 Å². The number of rotatable bonds is 6. The van der Waals surface area contributed by atoms with Crippen molar-refractivity contribution >= 4 is 15.9 Å². The first kappa shape index (κ1) is 14.4. The van der Waals surface area contributed by atoms with Gasteiger partial charge in [-0.05, 0) is 41.6 Å². The molecule has 1 unspecified atom stereocenters. The molecule has 0 aromatic carbocycles. The fourth-order valence-electron chi connectivity index (χ4n) is 1.76. The maximum absolute atomic E-state index is 5.81. The lowest BCUT2D eigenvalue weighted by molar-refractivity contribution is 0.184. The van der Waals surface area contributed by atoms with Gasteiger partial charge in [0, 0.05) is 12.5 Å².